The van der Waals surface area contributed by atoms with Gasteiger partial charge in [-0.05, 0) is 37.8 Å². The summed E-state index contributed by atoms with van der Waals surface area (Å²) < 4.78 is 11.4. The van der Waals surface area contributed by atoms with Crippen molar-refractivity contribution in [1.82, 2.24) is 9.88 Å². The maximum atomic E-state index is 12.6. The van der Waals surface area contributed by atoms with Crippen LogP contribution in [0.25, 0.3) is 10.6 Å². The van der Waals surface area contributed by atoms with Gasteiger partial charge in [-0.1, -0.05) is 12.1 Å². The first-order valence-electron chi connectivity index (χ1n) is 9.19. The predicted octanol–water partition coefficient (Wildman–Crippen LogP) is 3.88. The van der Waals surface area contributed by atoms with Gasteiger partial charge in [0.2, 0.25) is 5.91 Å². The third kappa shape index (κ3) is 3.48. The van der Waals surface area contributed by atoms with E-state index in [4.69, 9.17) is 9.47 Å². The molecule has 2 aromatic rings. The van der Waals surface area contributed by atoms with E-state index in [-0.39, 0.29) is 11.5 Å². The van der Waals surface area contributed by atoms with E-state index < -0.39 is 0 Å². The van der Waals surface area contributed by atoms with Crippen LogP contribution in [0.5, 0.6) is 5.75 Å². The molecule has 0 aliphatic carbocycles. The summed E-state index contributed by atoms with van der Waals surface area (Å²) in [4.78, 5) is 20.2. The zero-order valence-corrected chi connectivity index (χ0v) is 15.9. The number of ether oxygens (including phenoxy) is 2. The standard InChI is InChI=1S/C20H24N2O3S/c1-24-17-6-3-2-5-16(17)19-21-13-15(26-19)14-22-11-10-20(8-4-12-25-20)9-7-18(22)23/h2-3,5-6,13H,4,7-12,14H2,1H3/t20-/m0/s1. The second kappa shape index (κ2) is 7.37. The molecule has 0 radical (unpaired) electrons. The molecule has 2 saturated heterocycles. The Bertz CT molecular complexity index is 783. The SMILES string of the molecule is COc1ccccc1-c1ncc(CN2CC[C@]3(CCCO3)CCC2=O)s1. The lowest BCUT2D eigenvalue weighted by Gasteiger charge is -2.26. The molecule has 5 nitrogen and oxygen atoms in total. The fourth-order valence-corrected chi connectivity index (χ4v) is 4.87. The summed E-state index contributed by atoms with van der Waals surface area (Å²) in [5.41, 5.74) is 0.937. The summed E-state index contributed by atoms with van der Waals surface area (Å²) in [6.07, 6.45) is 6.47. The van der Waals surface area contributed by atoms with Gasteiger partial charge in [-0.25, -0.2) is 4.98 Å². The van der Waals surface area contributed by atoms with Gasteiger partial charge < -0.3 is 14.4 Å². The molecule has 4 rings (SSSR count). The van der Waals surface area contributed by atoms with Gasteiger partial charge in [0, 0.05) is 30.6 Å². The van der Waals surface area contributed by atoms with Gasteiger partial charge in [0.05, 0.1) is 24.8 Å². The molecule has 2 aliphatic rings. The van der Waals surface area contributed by atoms with E-state index in [9.17, 15) is 4.79 Å². The Morgan fingerprint density at radius 3 is 3.00 bits per heavy atom. The van der Waals surface area contributed by atoms with Gasteiger partial charge in [0.1, 0.15) is 10.8 Å². The van der Waals surface area contributed by atoms with Crippen LogP contribution < -0.4 is 4.74 Å². The first-order chi connectivity index (χ1) is 12.7. The van der Waals surface area contributed by atoms with Crippen LogP contribution in [0.2, 0.25) is 0 Å². The number of methoxy groups -OCH3 is 1. The number of nitrogens with zero attached hydrogens (tertiary/aromatic N) is 2. The zero-order chi connectivity index (χ0) is 18.0. The minimum atomic E-state index is -0.0549. The number of aromatic nitrogens is 1. The average Bonchev–Trinajstić information content (AvgIpc) is 3.30. The van der Waals surface area contributed by atoms with E-state index in [1.165, 1.54) is 0 Å². The lowest BCUT2D eigenvalue weighted by Crippen LogP contribution is -2.31. The van der Waals surface area contributed by atoms with Gasteiger partial charge in [-0.15, -0.1) is 11.3 Å². The van der Waals surface area contributed by atoms with Crippen LogP contribution in [-0.4, -0.2) is 41.7 Å². The molecular formula is C20H24N2O3S. The molecule has 1 aromatic heterocycles. The average molecular weight is 372 g/mol. The minimum Gasteiger partial charge on any atom is -0.496 e. The maximum absolute atomic E-state index is 12.6. The first kappa shape index (κ1) is 17.5. The van der Waals surface area contributed by atoms with Crippen LogP contribution in [0.15, 0.2) is 30.5 Å². The molecule has 26 heavy (non-hydrogen) atoms. The Labute approximate surface area is 157 Å². The monoisotopic (exact) mass is 372 g/mol. The van der Waals surface area contributed by atoms with Crippen molar-refractivity contribution in [2.75, 3.05) is 20.3 Å². The number of amides is 1. The Morgan fingerprint density at radius 2 is 2.19 bits per heavy atom. The number of rotatable bonds is 4. The molecule has 138 valence electrons. The number of likely N-dealkylation sites (tertiary alicyclic amines) is 1. The molecule has 6 heteroatoms. The predicted molar refractivity (Wildman–Crippen MR) is 101 cm³/mol. The van der Waals surface area contributed by atoms with E-state index >= 15 is 0 Å². The molecule has 1 atom stereocenters. The van der Waals surface area contributed by atoms with Crippen LogP contribution in [0, 0.1) is 0 Å². The number of carbonyl (C=O) groups excluding carboxylic acids is 1. The van der Waals surface area contributed by atoms with Crippen LogP contribution >= 0.6 is 11.3 Å². The first-order valence-corrected chi connectivity index (χ1v) is 10.0. The number of benzene rings is 1. The molecule has 1 amide bonds. The lowest BCUT2D eigenvalue weighted by atomic mass is 9.92. The van der Waals surface area contributed by atoms with Crippen molar-refractivity contribution in [2.45, 2.75) is 44.2 Å². The van der Waals surface area contributed by atoms with Crippen LogP contribution in [0.1, 0.15) is 37.0 Å². The molecular weight excluding hydrogens is 348 g/mol. The molecule has 2 aliphatic heterocycles. The van der Waals surface area contributed by atoms with Gasteiger partial charge in [-0.2, -0.15) is 0 Å². The molecule has 0 bridgehead atoms. The Hall–Kier alpha value is -1.92. The summed E-state index contributed by atoms with van der Waals surface area (Å²) >= 11 is 1.63. The third-order valence-corrected chi connectivity index (χ3v) is 6.42. The van der Waals surface area contributed by atoms with E-state index in [1.54, 1.807) is 18.4 Å². The number of carbonyl (C=O) groups is 1. The number of hydrogen-bond acceptors (Lipinski definition) is 5. The highest BCUT2D eigenvalue weighted by molar-refractivity contribution is 7.15. The second-order valence-electron chi connectivity index (χ2n) is 7.03. The highest BCUT2D eigenvalue weighted by Gasteiger charge is 2.38. The van der Waals surface area contributed by atoms with E-state index in [0.29, 0.717) is 13.0 Å². The van der Waals surface area contributed by atoms with Crippen molar-refractivity contribution < 1.29 is 14.3 Å². The highest BCUT2D eigenvalue weighted by atomic mass is 32.1. The maximum Gasteiger partial charge on any atom is 0.223 e. The normalized spacial score (nSPS) is 23.4. The molecule has 0 N–H and O–H groups in total. The van der Waals surface area contributed by atoms with Crippen LogP contribution in [0.4, 0.5) is 0 Å². The van der Waals surface area contributed by atoms with Gasteiger partial charge >= 0.3 is 0 Å². The summed E-state index contributed by atoms with van der Waals surface area (Å²) in [5.74, 6) is 1.05. The van der Waals surface area contributed by atoms with Gasteiger partial charge in [0.15, 0.2) is 0 Å². The van der Waals surface area contributed by atoms with Gasteiger partial charge in [0.25, 0.3) is 0 Å². The van der Waals surface area contributed by atoms with Crippen molar-refractivity contribution >= 4 is 17.2 Å². The van der Waals surface area contributed by atoms with Crippen molar-refractivity contribution in [3.05, 3.63) is 35.3 Å². The third-order valence-electron chi connectivity index (χ3n) is 5.41. The summed E-state index contributed by atoms with van der Waals surface area (Å²) in [7, 11) is 1.67. The number of hydrogen-bond donors (Lipinski definition) is 0. The molecule has 2 fully saturated rings. The van der Waals surface area contributed by atoms with Crippen molar-refractivity contribution in [2.24, 2.45) is 0 Å². The Morgan fingerprint density at radius 1 is 1.31 bits per heavy atom. The molecule has 1 aromatic carbocycles. The summed E-state index contributed by atoms with van der Waals surface area (Å²) in [6, 6.07) is 7.89. The molecule has 1 spiro atoms. The fourth-order valence-electron chi connectivity index (χ4n) is 3.91. The molecule has 0 unspecified atom stereocenters. The molecule has 3 heterocycles. The summed E-state index contributed by atoms with van der Waals surface area (Å²) in [6.45, 7) is 2.23. The Balaban J connectivity index is 1.47. The van der Waals surface area contributed by atoms with Crippen molar-refractivity contribution in [3.63, 3.8) is 0 Å². The zero-order valence-electron chi connectivity index (χ0n) is 15.1. The lowest BCUT2D eigenvalue weighted by molar-refractivity contribution is -0.131. The van der Waals surface area contributed by atoms with E-state index in [1.807, 2.05) is 35.4 Å². The molecule has 0 saturated carbocycles. The Kier molecular flexibility index (Phi) is 4.96. The van der Waals surface area contributed by atoms with Crippen molar-refractivity contribution in [1.29, 1.82) is 0 Å². The van der Waals surface area contributed by atoms with Crippen LogP contribution in [0.3, 0.4) is 0 Å². The summed E-state index contributed by atoms with van der Waals surface area (Å²) in [5, 5.41) is 0.926. The largest absolute Gasteiger partial charge is 0.496 e. The smallest absolute Gasteiger partial charge is 0.223 e. The van der Waals surface area contributed by atoms with Crippen molar-refractivity contribution in [3.8, 4) is 16.3 Å². The minimum absolute atomic E-state index is 0.0549. The highest BCUT2D eigenvalue weighted by Crippen LogP contribution is 2.37. The van der Waals surface area contributed by atoms with E-state index in [0.717, 1.165) is 60.0 Å². The number of para-hydroxylation sites is 1. The second-order valence-corrected chi connectivity index (χ2v) is 8.15. The van der Waals surface area contributed by atoms with Gasteiger partial charge in [-0.3, -0.25) is 4.79 Å². The number of thiazole rings is 1. The fraction of sp³-hybridized carbons (Fsp3) is 0.500. The van der Waals surface area contributed by atoms with Crippen LogP contribution in [-0.2, 0) is 16.1 Å². The topological polar surface area (TPSA) is 51.7 Å². The van der Waals surface area contributed by atoms with E-state index in [2.05, 4.69) is 4.98 Å². The quantitative estimate of drug-likeness (QED) is 0.817.